The molecule has 0 radical (unpaired) electrons. The van der Waals surface area contributed by atoms with Gasteiger partial charge in [0.05, 0.1) is 11.9 Å². The van der Waals surface area contributed by atoms with Crippen LogP contribution in [-0.4, -0.2) is 58.0 Å². The number of hydrogen-bond acceptors (Lipinski definition) is 6. The predicted octanol–water partition coefficient (Wildman–Crippen LogP) is 4.19. The van der Waals surface area contributed by atoms with Crippen molar-refractivity contribution in [2.24, 2.45) is 5.92 Å². The summed E-state index contributed by atoms with van der Waals surface area (Å²) in [6.07, 6.45) is 13.3. The summed E-state index contributed by atoms with van der Waals surface area (Å²) in [6.45, 7) is 2.31. The molecule has 2 aliphatic carbocycles. The maximum atomic E-state index is 13.3. The number of carbonyl (C=O) groups is 2. The summed E-state index contributed by atoms with van der Waals surface area (Å²) in [5, 5.41) is 9.72. The smallest absolute Gasteiger partial charge is 0.271 e. The Hall–Kier alpha value is -3.46. The summed E-state index contributed by atoms with van der Waals surface area (Å²) in [5.41, 5.74) is 3.45. The number of ether oxygens (including phenoxy) is 1. The van der Waals surface area contributed by atoms with Crippen molar-refractivity contribution < 1.29 is 14.3 Å². The molecule has 3 aromatic rings. The largest absolute Gasteiger partial charge is 0.381 e. The number of fused-ring (bicyclic) bond motifs is 1. The molecule has 2 aromatic heterocycles. The van der Waals surface area contributed by atoms with Gasteiger partial charge in [-0.1, -0.05) is 31.4 Å². The Balaban J connectivity index is 1.29. The van der Waals surface area contributed by atoms with Crippen LogP contribution >= 0.6 is 0 Å². The third-order valence-corrected chi connectivity index (χ3v) is 7.92. The summed E-state index contributed by atoms with van der Waals surface area (Å²) in [4.78, 5) is 35.2. The number of anilines is 1. The number of nitrogens with zero attached hydrogens (tertiary/aromatic N) is 3. The van der Waals surface area contributed by atoms with Gasteiger partial charge in [0.15, 0.2) is 11.5 Å². The van der Waals surface area contributed by atoms with Crippen molar-refractivity contribution in [3.8, 4) is 11.3 Å². The molecule has 3 N–H and O–H groups in total. The lowest BCUT2D eigenvalue weighted by Gasteiger charge is -2.23. The molecule has 200 valence electrons. The molecule has 3 fully saturated rings. The first kappa shape index (κ1) is 24.9. The molecule has 3 aliphatic rings. The zero-order valence-corrected chi connectivity index (χ0v) is 21.7. The molecule has 0 unspecified atom stereocenters. The fourth-order valence-corrected chi connectivity index (χ4v) is 5.42. The summed E-state index contributed by atoms with van der Waals surface area (Å²) in [6, 6.07) is 8.07. The third-order valence-electron chi connectivity index (χ3n) is 7.92. The highest BCUT2D eigenvalue weighted by molar-refractivity contribution is 5.95. The number of hydrogen-bond donors (Lipinski definition) is 3. The van der Waals surface area contributed by atoms with Crippen molar-refractivity contribution in [2.45, 2.75) is 69.9 Å². The van der Waals surface area contributed by atoms with Crippen molar-refractivity contribution in [3.05, 3.63) is 47.9 Å². The molecule has 1 saturated heterocycles. The van der Waals surface area contributed by atoms with Crippen LogP contribution in [-0.2, 0) is 4.74 Å². The lowest BCUT2D eigenvalue weighted by Crippen LogP contribution is -2.36. The van der Waals surface area contributed by atoms with Crippen LogP contribution in [0.2, 0.25) is 0 Å². The summed E-state index contributed by atoms with van der Waals surface area (Å²) in [5.74, 6) is 0.913. The number of imidazole rings is 1. The molecule has 3 heterocycles. The van der Waals surface area contributed by atoms with Crippen LogP contribution in [0.3, 0.4) is 0 Å². The topological polar surface area (TPSA) is 110 Å². The van der Waals surface area contributed by atoms with Crippen LogP contribution in [0.15, 0.2) is 36.7 Å². The fourth-order valence-electron chi connectivity index (χ4n) is 5.42. The number of nitrogens with one attached hydrogen (secondary N) is 3. The normalized spacial score (nSPS) is 18.8. The van der Waals surface area contributed by atoms with E-state index in [4.69, 9.17) is 9.72 Å². The van der Waals surface area contributed by atoms with E-state index >= 15 is 0 Å². The second-order valence-corrected chi connectivity index (χ2v) is 10.9. The minimum absolute atomic E-state index is 0.0392. The highest BCUT2D eigenvalue weighted by Crippen LogP contribution is 2.27. The Morgan fingerprint density at radius 3 is 2.34 bits per heavy atom. The van der Waals surface area contributed by atoms with Crippen LogP contribution in [0.25, 0.3) is 16.9 Å². The van der Waals surface area contributed by atoms with Crippen molar-refractivity contribution in [1.29, 1.82) is 0 Å². The van der Waals surface area contributed by atoms with Gasteiger partial charge in [0, 0.05) is 49.2 Å². The molecule has 0 atom stereocenters. The Labute approximate surface area is 222 Å². The van der Waals surface area contributed by atoms with Gasteiger partial charge in [0.1, 0.15) is 5.69 Å². The van der Waals surface area contributed by atoms with Crippen LogP contribution in [0.1, 0.15) is 78.6 Å². The molecule has 38 heavy (non-hydrogen) atoms. The van der Waals surface area contributed by atoms with Crippen molar-refractivity contribution in [1.82, 2.24) is 25.0 Å². The number of benzene rings is 1. The van der Waals surface area contributed by atoms with Gasteiger partial charge in [-0.15, -0.1) is 0 Å². The number of carbonyl (C=O) groups excluding carboxylic acids is 2. The van der Waals surface area contributed by atoms with Gasteiger partial charge < -0.3 is 20.7 Å². The van der Waals surface area contributed by atoms with Crippen LogP contribution in [0.4, 0.5) is 5.82 Å². The lowest BCUT2D eigenvalue weighted by molar-refractivity contribution is 0.0699. The van der Waals surface area contributed by atoms with Gasteiger partial charge in [0.25, 0.3) is 11.8 Å². The van der Waals surface area contributed by atoms with Crippen LogP contribution in [0.5, 0.6) is 0 Å². The molecule has 2 saturated carbocycles. The van der Waals surface area contributed by atoms with E-state index in [0.717, 1.165) is 82.4 Å². The zero-order chi connectivity index (χ0) is 25.9. The lowest BCUT2D eigenvalue weighted by atomic mass is 9.95. The fraction of sp³-hybridized carbons (Fsp3) is 0.517. The monoisotopic (exact) mass is 516 g/mol. The Kier molecular flexibility index (Phi) is 7.27. The molecule has 1 aliphatic heterocycles. The van der Waals surface area contributed by atoms with E-state index in [1.165, 1.54) is 6.42 Å². The minimum atomic E-state index is -0.153. The molecule has 6 rings (SSSR count). The summed E-state index contributed by atoms with van der Waals surface area (Å²) in [7, 11) is 0. The molecule has 1 aromatic carbocycles. The maximum absolute atomic E-state index is 13.3. The van der Waals surface area contributed by atoms with Crippen molar-refractivity contribution in [3.63, 3.8) is 0 Å². The summed E-state index contributed by atoms with van der Waals surface area (Å²) >= 11 is 0. The number of aromatic nitrogens is 3. The van der Waals surface area contributed by atoms with E-state index in [9.17, 15) is 9.59 Å². The first-order chi connectivity index (χ1) is 18.6. The molecule has 2 amide bonds. The Morgan fingerprint density at radius 2 is 1.61 bits per heavy atom. The van der Waals surface area contributed by atoms with Crippen molar-refractivity contribution >= 4 is 23.3 Å². The number of amides is 2. The Bertz CT molecular complexity index is 1290. The van der Waals surface area contributed by atoms with E-state index in [1.807, 2.05) is 28.7 Å². The van der Waals surface area contributed by atoms with Gasteiger partial charge >= 0.3 is 0 Å². The van der Waals surface area contributed by atoms with Crippen molar-refractivity contribution in [2.75, 3.05) is 25.1 Å². The second-order valence-electron chi connectivity index (χ2n) is 10.9. The average Bonchev–Trinajstić information content (AvgIpc) is 3.67. The van der Waals surface area contributed by atoms with Crippen LogP contribution < -0.4 is 16.0 Å². The predicted molar refractivity (Wildman–Crippen MR) is 145 cm³/mol. The van der Waals surface area contributed by atoms with Gasteiger partial charge in [-0.3, -0.25) is 14.0 Å². The summed E-state index contributed by atoms with van der Waals surface area (Å²) < 4.78 is 7.44. The van der Waals surface area contributed by atoms with E-state index in [-0.39, 0.29) is 17.9 Å². The molecule has 9 heteroatoms. The molecule has 0 bridgehead atoms. The molecular weight excluding hydrogens is 480 g/mol. The standard InChI is InChI=1S/C29H36N6O3/c36-28(32-23-10-11-23)21-8-6-20(7-9-21)25-17-31-27-26(30-16-19-12-14-38-15-13-19)34-24(18-35(25)27)29(37)33-22-4-2-1-3-5-22/h6-9,17-19,22-23H,1-5,10-16H2,(H,30,34)(H,32,36)(H,33,37). The SMILES string of the molecule is O=C(NC1CC1)c1ccc(-c2cnc3c(NCC4CCOCC4)nc(C(=O)NC4CCCCC4)cn23)cc1. The van der Waals surface area contributed by atoms with Gasteiger partial charge in [-0.2, -0.15) is 0 Å². The van der Waals surface area contributed by atoms with E-state index in [1.54, 1.807) is 12.4 Å². The highest BCUT2D eigenvalue weighted by atomic mass is 16.5. The number of rotatable bonds is 8. The van der Waals surface area contributed by atoms with E-state index in [0.29, 0.717) is 34.7 Å². The van der Waals surface area contributed by atoms with Crippen LogP contribution in [0, 0.1) is 5.92 Å². The average molecular weight is 517 g/mol. The van der Waals surface area contributed by atoms with E-state index < -0.39 is 0 Å². The first-order valence-electron chi connectivity index (χ1n) is 14.1. The first-order valence-corrected chi connectivity index (χ1v) is 14.1. The van der Waals surface area contributed by atoms with E-state index in [2.05, 4.69) is 20.9 Å². The molecule has 9 nitrogen and oxygen atoms in total. The quantitative estimate of drug-likeness (QED) is 0.414. The third kappa shape index (κ3) is 5.67. The molecule has 0 spiro atoms. The van der Waals surface area contributed by atoms with Gasteiger partial charge in [0.2, 0.25) is 0 Å². The van der Waals surface area contributed by atoms with Gasteiger partial charge in [-0.05, 0) is 56.6 Å². The second kappa shape index (κ2) is 11.1. The zero-order valence-electron chi connectivity index (χ0n) is 21.7. The maximum Gasteiger partial charge on any atom is 0.271 e. The molecular formula is C29H36N6O3. The highest BCUT2D eigenvalue weighted by Gasteiger charge is 2.24. The Morgan fingerprint density at radius 1 is 0.895 bits per heavy atom. The van der Waals surface area contributed by atoms with Gasteiger partial charge in [-0.25, -0.2) is 9.97 Å². The minimum Gasteiger partial charge on any atom is -0.381 e.